The number of tetrazole rings is 1. The highest BCUT2D eigenvalue weighted by atomic mass is 16.5. The maximum Gasteiger partial charge on any atom is 0.404 e. The number of carboxylic acid groups (broad SMARTS) is 1. The first kappa shape index (κ1) is 32.6. The summed E-state index contributed by atoms with van der Waals surface area (Å²) in [6.45, 7) is 3.63. The molecule has 13 nitrogen and oxygen atoms in total. The fourth-order valence-corrected chi connectivity index (χ4v) is 6.33. The average molecular weight is 653 g/mol. The minimum atomic E-state index is -1.04. The van der Waals surface area contributed by atoms with Gasteiger partial charge < -0.3 is 30.7 Å². The Morgan fingerprint density at radius 3 is 2.15 bits per heavy atom. The van der Waals surface area contributed by atoms with E-state index in [1.54, 1.807) is 24.3 Å². The number of nitrogens with zero attached hydrogens (tertiary/aromatic N) is 4. The number of hydrogen-bond acceptors (Lipinski definition) is 8. The molecule has 5 N–H and O–H groups in total. The van der Waals surface area contributed by atoms with Gasteiger partial charge in [0, 0.05) is 48.9 Å². The van der Waals surface area contributed by atoms with Gasteiger partial charge in [-0.05, 0) is 89.9 Å². The van der Waals surface area contributed by atoms with Gasteiger partial charge in [-0.1, -0.05) is 36.4 Å². The van der Waals surface area contributed by atoms with Gasteiger partial charge in [0.1, 0.15) is 6.04 Å². The second kappa shape index (κ2) is 15.5. The molecule has 0 unspecified atom stereocenters. The van der Waals surface area contributed by atoms with Crippen molar-refractivity contribution in [3.8, 4) is 22.5 Å². The normalized spacial score (nSPS) is 18.5. The number of benzene rings is 3. The third-order valence-electron chi connectivity index (χ3n) is 9.12. The number of hydrogen-bond donors (Lipinski definition) is 5. The summed E-state index contributed by atoms with van der Waals surface area (Å²) >= 11 is 0. The third-order valence-corrected chi connectivity index (χ3v) is 9.12. The van der Waals surface area contributed by atoms with Crippen LogP contribution in [-0.4, -0.2) is 82.5 Å². The molecule has 1 aromatic heterocycles. The molecule has 2 aliphatic rings. The number of morpholine rings is 1. The molecule has 1 aliphatic heterocycles. The van der Waals surface area contributed by atoms with Gasteiger partial charge in [0.25, 0.3) is 0 Å². The number of rotatable bonds is 11. The first-order valence-electron chi connectivity index (χ1n) is 16.4. The van der Waals surface area contributed by atoms with Crippen LogP contribution in [0.25, 0.3) is 22.5 Å². The Morgan fingerprint density at radius 1 is 0.875 bits per heavy atom. The lowest BCUT2D eigenvalue weighted by Crippen LogP contribution is -2.48. The van der Waals surface area contributed by atoms with Crippen molar-refractivity contribution in [2.45, 2.75) is 38.1 Å². The number of aromatic amines is 1. The fraction of sp³-hybridized carbons (Fsp3) is 0.371. The maximum atomic E-state index is 13.7. The summed E-state index contributed by atoms with van der Waals surface area (Å²) in [5.41, 5.74) is 5.58. The zero-order valence-corrected chi connectivity index (χ0v) is 26.6. The minimum Gasteiger partial charge on any atom is -0.465 e. The molecule has 3 aromatic carbocycles. The van der Waals surface area contributed by atoms with E-state index in [1.165, 1.54) is 5.69 Å². The smallest absolute Gasteiger partial charge is 0.404 e. The van der Waals surface area contributed by atoms with Crippen LogP contribution < -0.4 is 20.9 Å². The lowest BCUT2D eigenvalue weighted by molar-refractivity contribution is -0.130. The van der Waals surface area contributed by atoms with Gasteiger partial charge in [-0.25, -0.2) is 4.79 Å². The summed E-state index contributed by atoms with van der Waals surface area (Å²) in [5.74, 6) is -0.0721. The minimum absolute atomic E-state index is 0.163. The lowest BCUT2D eigenvalue weighted by Gasteiger charge is -2.29. The molecule has 13 heteroatoms. The van der Waals surface area contributed by atoms with Crippen molar-refractivity contribution >= 4 is 29.3 Å². The molecule has 1 saturated heterocycles. The van der Waals surface area contributed by atoms with E-state index in [-0.39, 0.29) is 23.7 Å². The van der Waals surface area contributed by atoms with Crippen LogP contribution in [0.4, 0.5) is 16.2 Å². The molecule has 4 aromatic rings. The summed E-state index contributed by atoms with van der Waals surface area (Å²) in [6.07, 6.45) is 2.05. The number of ether oxygens (including phenoxy) is 1. The summed E-state index contributed by atoms with van der Waals surface area (Å²) in [4.78, 5) is 40.3. The predicted octanol–water partition coefficient (Wildman–Crippen LogP) is 4.11. The highest BCUT2D eigenvalue weighted by Gasteiger charge is 2.30. The topological polar surface area (TPSA) is 174 Å². The zero-order valence-electron chi connectivity index (χ0n) is 26.6. The molecule has 1 atom stereocenters. The number of H-pyrrole nitrogens is 1. The van der Waals surface area contributed by atoms with E-state index in [1.807, 2.05) is 24.3 Å². The molecule has 0 spiro atoms. The summed E-state index contributed by atoms with van der Waals surface area (Å²) in [6, 6.07) is 22.9. The van der Waals surface area contributed by atoms with Gasteiger partial charge in [-0.2, -0.15) is 5.21 Å². The molecule has 48 heavy (non-hydrogen) atoms. The highest BCUT2D eigenvalue weighted by molar-refractivity contribution is 5.97. The van der Waals surface area contributed by atoms with Crippen molar-refractivity contribution in [2.75, 3.05) is 43.1 Å². The maximum absolute atomic E-state index is 13.7. The largest absolute Gasteiger partial charge is 0.465 e. The van der Waals surface area contributed by atoms with Crippen LogP contribution in [-0.2, 0) is 20.7 Å². The van der Waals surface area contributed by atoms with E-state index in [0.29, 0.717) is 37.3 Å². The molecule has 2 heterocycles. The van der Waals surface area contributed by atoms with Gasteiger partial charge in [0.15, 0.2) is 0 Å². The third kappa shape index (κ3) is 8.53. The Bertz CT molecular complexity index is 1650. The van der Waals surface area contributed by atoms with E-state index in [2.05, 4.69) is 65.7 Å². The number of aromatic nitrogens is 4. The molecule has 250 valence electrons. The van der Waals surface area contributed by atoms with E-state index < -0.39 is 12.1 Å². The SMILES string of the molecule is O=C(O)NC[C@H]1CC[C@H](C(=O)N[C@@H](Cc2ccc(-c3ccc(N4CCOCC4)cc3)cc2)C(=O)Nc2ccc(-c3nn[nH]n3)cc2)CC1. The molecule has 1 aliphatic carbocycles. The molecule has 2 fully saturated rings. The van der Waals surface area contributed by atoms with Crippen LogP contribution in [0.15, 0.2) is 72.8 Å². The van der Waals surface area contributed by atoms with E-state index in [4.69, 9.17) is 9.84 Å². The number of carbonyl (C=O) groups is 3. The second-order valence-electron chi connectivity index (χ2n) is 12.3. The van der Waals surface area contributed by atoms with E-state index in [9.17, 15) is 14.4 Å². The zero-order chi connectivity index (χ0) is 33.3. The number of carbonyl (C=O) groups excluding carboxylic acids is 2. The Labute approximate surface area is 278 Å². The number of amides is 3. The van der Waals surface area contributed by atoms with E-state index >= 15 is 0 Å². The van der Waals surface area contributed by atoms with Crippen molar-refractivity contribution < 1.29 is 24.2 Å². The Morgan fingerprint density at radius 2 is 1.52 bits per heavy atom. The quantitative estimate of drug-likeness (QED) is 0.160. The summed E-state index contributed by atoms with van der Waals surface area (Å²) in [5, 5.41) is 31.3. The molecular formula is C35H40N8O5. The van der Waals surface area contributed by atoms with Crippen LogP contribution >= 0.6 is 0 Å². The Balaban J connectivity index is 1.12. The van der Waals surface area contributed by atoms with Crippen LogP contribution in [0.1, 0.15) is 31.2 Å². The predicted molar refractivity (Wildman–Crippen MR) is 180 cm³/mol. The summed E-state index contributed by atoms with van der Waals surface area (Å²) < 4.78 is 5.47. The average Bonchev–Trinajstić information content (AvgIpc) is 3.67. The standard InChI is InChI=1S/C35H40N8O5/c44-33(28-7-3-24(4-8-28)22-36-35(46)47)38-31(34(45)37-29-13-9-27(10-14-29)32-39-41-42-40-32)21-23-1-5-25(6-2-23)26-11-15-30(16-12-26)43-17-19-48-20-18-43/h1-2,5-6,9-16,24,28,31,36H,3-4,7-8,17-22H2,(H,37,45)(H,38,44)(H,46,47)(H,39,40,41,42)/t24-,28-,31-/m0/s1. The molecule has 6 rings (SSSR count). The van der Waals surface area contributed by atoms with Crippen LogP contribution in [0.5, 0.6) is 0 Å². The molecule has 0 radical (unpaired) electrons. The first-order chi connectivity index (χ1) is 23.4. The van der Waals surface area contributed by atoms with Gasteiger partial charge in [0.05, 0.1) is 13.2 Å². The van der Waals surface area contributed by atoms with Crippen LogP contribution in [0, 0.1) is 11.8 Å². The molecule has 0 bridgehead atoms. The second-order valence-corrected chi connectivity index (χ2v) is 12.3. The van der Waals surface area contributed by atoms with Crippen molar-refractivity contribution in [2.24, 2.45) is 11.8 Å². The summed E-state index contributed by atoms with van der Waals surface area (Å²) in [7, 11) is 0. The van der Waals surface area contributed by atoms with Crippen molar-refractivity contribution in [3.63, 3.8) is 0 Å². The number of nitrogens with one attached hydrogen (secondary N) is 4. The van der Waals surface area contributed by atoms with Crippen LogP contribution in [0.3, 0.4) is 0 Å². The van der Waals surface area contributed by atoms with Gasteiger partial charge in [0.2, 0.25) is 17.6 Å². The molecule has 3 amide bonds. The van der Waals surface area contributed by atoms with Crippen molar-refractivity contribution in [1.29, 1.82) is 0 Å². The van der Waals surface area contributed by atoms with Gasteiger partial charge in [-0.15, -0.1) is 10.2 Å². The molecular weight excluding hydrogens is 612 g/mol. The molecule has 1 saturated carbocycles. The first-order valence-corrected chi connectivity index (χ1v) is 16.4. The highest BCUT2D eigenvalue weighted by Crippen LogP contribution is 2.29. The Hall–Kier alpha value is -5.30. The van der Waals surface area contributed by atoms with Crippen molar-refractivity contribution in [3.05, 3.63) is 78.4 Å². The van der Waals surface area contributed by atoms with E-state index in [0.717, 1.165) is 61.4 Å². The fourth-order valence-electron chi connectivity index (χ4n) is 6.33. The monoisotopic (exact) mass is 652 g/mol. The van der Waals surface area contributed by atoms with Gasteiger partial charge in [-0.3, -0.25) is 9.59 Å². The van der Waals surface area contributed by atoms with Crippen LogP contribution in [0.2, 0.25) is 0 Å². The number of anilines is 2. The van der Waals surface area contributed by atoms with Crippen molar-refractivity contribution in [1.82, 2.24) is 31.3 Å². The lowest BCUT2D eigenvalue weighted by atomic mass is 9.81. The Kier molecular flexibility index (Phi) is 10.6. The van der Waals surface area contributed by atoms with Gasteiger partial charge >= 0.3 is 6.09 Å².